The summed E-state index contributed by atoms with van der Waals surface area (Å²) in [6.07, 6.45) is -2.51. The van der Waals surface area contributed by atoms with Crippen molar-refractivity contribution in [2.75, 3.05) is 5.32 Å². The van der Waals surface area contributed by atoms with Gasteiger partial charge in [0.1, 0.15) is 5.82 Å². The Hall–Kier alpha value is -2.79. The molecule has 0 saturated carbocycles. The number of para-hydroxylation sites is 1. The van der Waals surface area contributed by atoms with E-state index in [1.165, 1.54) is 12.1 Å². The number of rotatable bonds is 12. The quantitative estimate of drug-likeness (QED) is 0.154. The molecular weight excluding hydrogens is 611 g/mol. The number of carboxylic acid groups (broad SMARTS) is 1. The average molecular weight is 648 g/mol. The molecule has 0 bridgehead atoms. The van der Waals surface area contributed by atoms with Gasteiger partial charge in [-0.15, -0.1) is 0 Å². The predicted octanol–water partition coefficient (Wildman–Crippen LogP) is 5.40. The molecule has 1 amide bonds. The van der Waals surface area contributed by atoms with Crippen molar-refractivity contribution in [1.29, 1.82) is 0 Å². The minimum atomic E-state index is -1.18. The van der Waals surface area contributed by atoms with Crippen LogP contribution in [0.15, 0.2) is 84.9 Å². The van der Waals surface area contributed by atoms with Gasteiger partial charge < -0.3 is 25.2 Å². The van der Waals surface area contributed by atoms with Gasteiger partial charge in [-0.25, -0.2) is 4.39 Å². The first-order valence-corrected chi connectivity index (χ1v) is 13.7. The average Bonchev–Trinajstić information content (AvgIpc) is 3.28. The summed E-state index contributed by atoms with van der Waals surface area (Å²) >= 11 is 0. The fourth-order valence-corrected chi connectivity index (χ4v) is 5.20. The van der Waals surface area contributed by atoms with E-state index in [-0.39, 0.29) is 82.5 Å². The molecule has 0 unspecified atom stereocenters. The van der Waals surface area contributed by atoms with Crippen molar-refractivity contribution in [3.05, 3.63) is 102 Å². The van der Waals surface area contributed by atoms with Gasteiger partial charge in [-0.05, 0) is 66.3 Å². The SMILES string of the molecule is CC(C)c1c(C(=O)Nc2ccccc2)c(-c2ccccc2)c(-c2ccc(F)cc2)n1CC[C@@H](O)C[C@@H](O)CC(=O)O.[SrH2]. The van der Waals surface area contributed by atoms with E-state index in [0.717, 1.165) is 11.3 Å². The van der Waals surface area contributed by atoms with Crippen LogP contribution in [0.2, 0.25) is 0 Å². The van der Waals surface area contributed by atoms with Crippen LogP contribution in [0.5, 0.6) is 0 Å². The molecule has 0 spiro atoms. The summed E-state index contributed by atoms with van der Waals surface area (Å²) in [7, 11) is 0. The van der Waals surface area contributed by atoms with Crippen LogP contribution in [0.1, 0.15) is 55.1 Å². The number of aliphatic hydroxyl groups is 2. The number of anilines is 1. The van der Waals surface area contributed by atoms with E-state index in [9.17, 15) is 24.2 Å². The van der Waals surface area contributed by atoms with Crippen LogP contribution in [-0.2, 0) is 11.3 Å². The number of benzene rings is 3. The summed E-state index contributed by atoms with van der Waals surface area (Å²) < 4.78 is 16.0. The van der Waals surface area contributed by atoms with Crippen LogP contribution >= 0.6 is 0 Å². The van der Waals surface area contributed by atoms with Gasteiger partial charge in [0.15, 0.2) is 0 Å². The first kappa shape index (κ1) is 33.7. The maximum atomic E-state index is 14.0. The topological polar surface area (TPSA) is 112 Å². The number of carboxylic acids is 1. The van der Waals surface area contributed by atoms with E-state index >= 15 is 0 Å². The molecule has 3 aromatic carbocycles. The van der Waals surface area contributed by atoms with E-state index in [0.29, 0.717) is 28.1 Å². The molecule has 4 rings (SSSR count). The predicted molar refractivity (Wildman–Crippen MR) is 166 cm³/mol. The molecule has 9 heteroatoms. The Bertz CT molecular complexity index is 1470. The summed E-state index contributed by atoms with van der Waals surface area (Å²) in [5.74, 6) is -1.93. The van der Waals surface area contributed by atoms with Gasteiger partial charge in [0.05, 0.1) is 29.9 Å². The van der Waals surface area contributed by atoms with Gasteiger partial charge in [-0.3, -0.25) is 9.59 Å². The molecule has 4 aromatic rings. The number of nitrogens with one attached hydrogen (secondary N) is 1. The van der Waals surface area contributed by atoms with Crippen LogP contribution in [0.3, 0.4) is 0 Å². The number of halogens is 1. The van der Waals surface area contributed by atoms with E-state index in [1.54, 1.807) is 12.1 Å². The molecule has 218 valence electrons. The number of aliphatic carboxylic acids is 1. The third kappa shape index (κ3) is 8.40. The van der Waals surface area contributed by atoms with Crippen LogP contribution in [0, 0.1) is 5.82 Å². The second kappa shape index (κ2) is 15.6. The van der Waals surface area contributed by atoms with Crippen LogP contribution < -0.4 is 5.32 Å². The molecule has 0 aliphatic heterocycles. The fourth-order valence-electron chi connectivity index (χ4n) is 5.20. The minimum absolute atomic E-state index is 0. The zero-order valence-corrected chi connectivity index (χ0v) is 23.1. The van der Waals surface area contributed by atoms with Crippen LogP contribution in [0.25, 0.3) is 22.4 Å². The Morgan fingerprint density at radius 2 is 1.45 bits per heavy atom. The molecule has 1 heterocycles. The van der Waals surface area contributed by atoms with Crippen molar-refractivity contribution >= 4 is 63.0 Å². The third-order valence-corrected chi connectivity index (χ3v) is 6.93. The van der Waals surface area contributed by atoms with Gasteiger partial charge in [-0.1, -0.05) is 62.4 Å². The molecule has 2 atom stereocenters. The maximum absolute atomic E-state index is 14.0. The summed E-state index contributed by atoms with van der Waals surface area (Å²) in [6.45, 7) is 4.25. The molecule has 0 radical (unpaired) electrons. The van der Waals surface area contributed by atoms with Gasteiger partial charge in [-0.2, -0.15) is 0 Å². The van der Waals surface area contributed by atoms with Crippen molar-refractivity contribution in [3.63, 3.8) is 0 Å². The molecule has 42 heavy (non-hydrogen) atoms. The number of carbonyl (C=O) groups excluding carboxylic acids is 1. The van der Waals surface area contributed by atoms with E-state index < -0.39 is 24.6 Å². The number of hydrogen-bond acceptors (Lipinski definition) is 4. The molecule has 0 fully saturated rings. The molecule has 1 aromatic heterocycles. The number of amides is 1. The Labute approximate surface area is 282 Å². The zero-order chi connectivity index (χ0) is 29.5. The normalized spacial score (nSPS) is 12.4. The molecule has 4 N–H and O–H groups in total. The summed E-state index contributed by atoms with van der Waals surface area (Å²) in [5.41, 5.74) is 4.77. The van der Waals surface area contributed by atoms with Gasteiger partial charge in [0, 0.05) is 23.5 Å². The first-order chi connectivity index (χ1) is 19.7. The van der Waals surface area contributed by atoms with Crippen LogP contribution in [-0.4, -0.2) is 89.5 Å². The Morgan fingerprint density at radius 3 is 2.02 bits per heavy atom. The Balaban J connectivity index is 0.00000484. The van der Waals surface area contributed by atoms with Crippen molar-refractivity contribution in [2.45, 2.75) is 57.8 Å². The van der Waals surface area contributed by atoms with Gasteiger partial charge >= 0.3 is 51.5 Å². The first-order valence-electron chi connectivity index (χ1n) is 13.7. The monoisotopic (exact) mass is 648 g/mol. The van der Waals surface area contributed by atoms with Crippen LogP contribution in [0.4, 0.5) is 10.1 Å². The number of nitrogens with zero attached hydrogens (tertiary/aromatic N) is 1. The van der Waals surface area contributed by atoms with Crippen molar-refractivity contribution < 1.29 is 29.3 Å². The zero-order valence-electron chi connectivity index (χ0n) is 23.1. The van der Waals surface area contributed by atoms with E-state index in [1.807, 2.05) is 79.1 Å². The molecule has 0 aliphatic carbocycles. The molecule has 7 nitrogen and oxygen atoms in total. The number of aliphatic hydroxyl groups excluding tert-OH is 2. The molecular formula is C33H37FN2O5Sr. The number of aromatic nitrogens is 1. The van der Waals surface area contributed by atoms with Crippen molar-refractivity contribution in [1.82, 2.24) is 4.57 Å². The van der Waals surface area contributed by atoms with Crippen molar-refractivity contribution in [3.8, 4) is 22.4 Å². The summed E-state index contributed by atoms with van der Waals surface area (Å²) in [4.78, 5) is 25.0. The van der Waals surface area contributed by atoms with Gasteiger partial charge in [0.2, 0.25) is 0 Å². The van der Waals surface area contributed by atoms with Crippen molar-refractivity contribution in [2.24, 2.45) is 0 Å². The van der Waals surface area contributed by atoms with E-state index in [2.05, 4.69) is 5.32 Å². The number of carbonyl (C=O) groups is 2. The second-order valence-electron chi connectivity index (χ2n) is 10.4. The number of hydrogen-bond donors (Lipinski definition) is 4. The Morgan fingerprint density at radius 1 is 0.857 bits per heavy atom. The summed E-state index contributed by atoms with van der Waals surface area (Å²) in [5, 5.41) is 32.8. The van der Waals surface area contributed by atoms with Gasteiger partial charge in [0.25, 0.3) is 5.91 Å². The molecule has 0 saturated heterocycles. The molecule has 0 aliphatic rings. The van der Waals surface area contributed by atoms with E-state index in [4.69, 9.17) is 5.11 Å². The third-order valence-electron chi connectivity index (χ3n) is 6.93. The Kier molecular flexibility index (Phi) is 12.5. The second-order valence-corrected chi connectivity index (χ2v) is 10.4. The fraction of sp³-hybridized carbons (Fsp3) is 0.273. The standard InChI is InChI=1S/C33H35FN2O5.Sr.2H/c1-21(2)31-30(33(41)35-25-11-7-4-8-12-25)29(22-9-5-3-6-10-22)32(23-13-15-24(34)16-14-23)36(31)18-17-26(37)19-27(38)20-28(39)40;;;/h3-16,21,26-27,37-38H,17-20H2,1-2H3,(H,35,41)(H,39,40);;;/t26-,27-;;;/m1.../s1. The summed E-state index contributed by atoms with van der Waals surface area (Å²) in [6, 6.07) is 24.8.